The first-order valence-electron chi connectivity index (χ1n) is 5.87. The Kier molecular flexibility index (Phi) is 12.1. The number of halogens is 1. The Morgan fingerprint density at radius 1 is 1.33 bits per heavy atom. The summed E-state index contributed by atoms with van der Waals surface area (Å²) in [6.45, 7) is 7.96. The Morgan fingerprint density at radius 3 is 2.39 bits per heavy atom. The molecule has 18 heavy (non-hydrogen) atoms. The minimum absolute atomic E-state index is 0. The quantitative estimate of drug-likeness (QED) is 0.334. The van der Waals surface area contributed by atoms with Crippen LogP contribution in [0.1, 0.15) is 27.2 Å². The number of guanidine groups is 1. The topological polar surface area (TPSA) is 96.6 Å². The molecule has 0 spiro atoms. The van der Waals surface area contributed by atoms with E-state index in [1.807, 2.05) is 6.92 Å². The summed E-state index contributed by atoms with van der Waals surface area (Å²) in [7, 11) is -3.41. The van der Waals surface area contributed by atoms with Gasteiger partial charge in [-0.3, -0.25) is 4.99 Å². The van der Waals surface area contributed by atoms with Crippen molar-refractivity contribution in [3.8, 4) is 0 Å². The fourth-order valence-corrected chi connectivity index (χ4v) is 1.47. The summed E-state index contributed by atoms with van der Waals surface area (Å²) >= 11 is 0. The van der Waals surface area contributed by atoms with Gasteiger partial charge in [-0.25, -0.2) is 13.6 Å². The van der Waals surface area contributed by atoms with E-state index in [1.165, 1.54) is 0 Å². The molecule has 0 aliphatic carbocycles. The molecule has 4 N–H and O–H groups in total. The van der Waals surface area contributed by atoms with Gasteiger partial charge in [-0.15, -0.1) is 24.0 Å². The van der Waals surface area contributed by atoms with E-state index in [0.717, 1.165) is 19.5 Å². The zero-order valence-electron chi connectivity index (χ0n) is 11.3. The van der Waals surface area contributed by atoms with Crippen LogP contribution in [0, 0.1) is 5.92 Å². The van der Waals surface area contributed by atoms with Gasteiger partial charge in [0, 0.05) is 19.6 Å². The molecule has 0 aliphatic rings. The van der Waals surface area contributed by atoms with Gasteiger partial charge in [0.25, 0.3) is 0 Å². The third-order valence-corrected chi connectivity index (χ3v) is 2.77. The average molecular weight is 392 g/mol. The van der Waals surface area contributed by atoms with E-state index in [1.54, 1.807) is 0 Å². The predicted octanol–water partition coefficient (Wildman–Crippen LogP) is 0.494. The van der Waals surface area contributed by atoms with Crippen LogP contribution in [0.2, 0.25) is 0 Å². The molecule has 0 amide bonds. The van der Waals surface area contributed by atoms with Crippen LogP contribution in [0.3, 0.4) is 0 Å². The van der Waals surface area contributed by atoms with Gasteiger partial charge < -0.3 is 10.6 Å². The maximum absolute atomic E-state index is 10.8. The molecular weight excluding hydrogens is 367 g/mol. The molecule has 0 aromatic rings. The van der Waals surface area contributed by atoms with Crippen LogP contribution < -0.4 is 15.8 Å². The molecule has 8 heteroatoms. The summed E-state index contributed by atoms with van der Waals surface area (Å²) < 4.78 is 21.5. The third kappa shape index (κ3) is 14.0. The molecule has 0 bridgehead atoms. The van der Waals surface area contributed by atoms with Gasteiger partial charge in [0.05, 0.1) is 5.75 Å². The third-order valence-electron chi connectivity index (χ3n) is 2.00. The van der Waals surface area contributed by atoms with Crippen molar-refractivity contribution in [3.05, 3.63) is 0 Å². The molecular formula is C10H25IN4O2S. The Morgan fingerprint density at radius 2 is 1.94 bits per heavy atom. The van der Waals surface area contributed by atoms with Crippen LogP contribution in [-0.2, 0) is 10.0 Å². The Hall–Kier alpha value is -0.0900. The van der Waals surface area contributed by atoms with Crippen LogP contribution >= 0.6 is 24.0 Å². The van der Waals surface area contributed by atoms with Crippen molar-refractivity contribution in [1.82, 2.24) is 10.6 Å². The van der Waals surface area contributed by atoms with E-state index < -0.39 is 10.0 Å². The van der Waals surface area contributed by atoms with E-state index in [9.17, 15) is 8.42 Å². The van der Waals surface area contributed by atoms with Crippen molar-refractivity contribution < 1.29 is 8.42 Å². The van der Waals surface area contributed by atoms with E-state index in [-0.39, 0.29) is 36.3 Å². The molecule has 0 unspecified atom stereocenters. The summed E-state index contributed by atoms with van der Waals surface area (Å²) in [5.74, 6) is 1.14. The second-order valence-corrected chi connectivity index (χ2v) is 5.97. The molecule has 0 atom stereocenters. The fourth-order valence-electron chi connectivity index (χ4n) is 1.09. The van der Waals surface area contributed by atoms with Crippen molar-refractivity contribution >= 4 is 40.0 Å². The molecule has 110 valence electrons. The number of nitrogens with two attached hydrogens (primary N) is 1. The summed E-state index contributed by atoms with van der Waals surface area (Å²) in [5, 5.41) is 10.9. The van der Waals surface area contributed by atoms with Crippen LogP contribution in [-0.4, -0.2) is 39.8 Å². The molecule has 0 fully saturated rings. The van der Waals surface area contributed by atoms with Crippen molar-refractivity contribution in [3.63, 3.8) is 0 Å². The molecule has 0 aromatic carbocycles. The lowest BCUT2D eigenvalue weighted by molar-refractivity contribution is 0.593. The standard InChI is InChI=1S/C10H24N4O2S.HI/c1-4-12-10(13-6-5-9(2)3)14-7-8-17(11,15)16;/h9H,4-8H2,1-3H3,(H2,11,15,16)(H2,12,13,14);1H. The predicted molar refractivity (Wildman–Crippen MR) is 86.8 cm³/mol. The highest BCUT2D eigenvalue weighted by molar-refractivity contribution is 14.0. The zero-order valence-corrected chi connectivity index (χ0v) is 14.4. The first-order chi connectivity index (χ1) is 7.85. The van der Waals surface area contributed by atoms with Crippen LogP contribution in [0.5, 0.6) is 0 Å². The smallest absolute Gasteiger partial charge is 0.210 e. The van der Waals surface area contributed by atoms with E-state index in [4.69, 9.17) is 5.14 Å². The molecule has 0 radical (unpaired) electrons. The molecule has 0 saturated heterocycles. The van der Waals surface area contributed by atoms with Gasteiger partial charge in [-0.1, -0.05) is 13.8 Å². The highest BCUT2D eigenvalue weighted by Crippen LogP contribution is 1.98. The first kappa shape index (κ1) is 20.2. The Labute approximate surface area is 127 Å². The molecule has 6 nitrogen and oxygen atoms in total. The lowest BCUT2D eigenvalue weighted by atomic mass is 10.1. The second-order valence-electron chi connectivity index (χ2n) is 4.24. The second kappa shape index (κ2) is 10.8. The number of hydrogen-bond donors (Lipinski definition) is 3. The van der Waals surface area contributed by atoms with Crippen LogP contribution in [0.25, 0.3) is 0 Å². The average Bonchev–Trinajstić information content (AvgIpc) is 2.15. The SMILES string of the molecule is CCNC(=NCCC(C)C)NCCS(N)(=O)=O.I. The molecule has 0 aromatic heterocycles. The number of nitrogens with one attached hydrogen (secondary N) is 2. The Balaban J connectivity index is 0. The van der Waals surface area contributed by atoms with Crippen molar-refractivity contribution in [1.29, 1.82) is 0 Å². The van der Waals surface area contributed by atoms with E-state index in [0.29, 0.717) is 11.9 Å². The van der Waals surface area contributed by atoms with Crippen molar-refractivity contribution in [2.75, 3.05) is 25.4 Å². The number of sulfonamides is 1. The normalized spacial score (nSPS) is 12.2. The summed E-state index contributed by atoms with van der Waals surface area (Å²) in [4.78, 5) is 4.33. The van der Waals surface area contributed by atoms with Crippen molar-refractivity contribution in [2.24, 2.45) is 16.0 Å². The maximum atomic E-state index is 10.8. The number of hydrogen-bond acceptors (Lipinski definition) is 3. The molecule has 0 heterocycles. The molecule has 0 aliphatic heterocycles. The summed E-state index contributed by atoms with van der Waals surface area (Å²) in [6.07, 6.45) is 1.01. The number of rotatable bonds is 7. The highest BCUT2D eigenvalue weighted by Gasteiger charge is 2.03. The van der Waals surface area contributed by atoms with Crippen molar-refractivity contribution in [2.45, 2.75) is 27.2 Å². The van der Waals surface area contributed by atoms with Gasteiger partial charge in [-0.05, 0) is 19.3 Å². The lowest BCUT2D eigenvalue weighted by Crippen LogP contribution is -2.40. The minimum atomic E-state index is -3.41. The summed E-state index contributed by atoms with van der Waals surface area (Å²) in [5.41, 5.74) is 0. The van der Waals surface area contributed by atoms with E-state index in [2.05, 4.69) is 29.5 Å². The fraction of sp³-hybridized carbons (Fsp3) is 0.900. The highest BCUT2D eigenvalue weighted by atomic mass is 127. The molecule has 0 saturated carbocycles. The van der Waals surface area contributed by atoms with Gasteiger partial charge >= 0.3 is 0 Å². The minimum Gasteiger partial charge on any atom is -0.357 e. The largest absolute Gasteiger partial charge is 0.357 e. The Bertz CT molecular complexity index is 331. The van der Waals surface area contributed by atoms with Crippen LogP contribution in [0.4, 0.5) is 0 Å². The molecule has 0 rings (SSSR count). The summed E-state index contributed by atoms with van der Waals surface area (Å²) in [6, 6.07) is 0. The number of primary sulfonamides is 1. The first-order valence-corrected chi connectivity index (χ1v) is 7.59. The number of nitrogens with zero attached hydrogens (tertiary/aromatic N) is 1. The van der Waals surface area contributed by atoms with Gasteiger partial charge in [0.2, 0.25) is 10.0 Å². The lowest BCUT2D eigenvalue weighted by Gasteiger charge is -2.11. The van der Waals surface area contributed by atoms with Gasteiger partial charge in [0.1, 0.15) is 0 Å². The van der Waals surface area contributed by atoms with Gasteiger partial charge in [-0.2, -0.15) is 0 Å². The maximum Gasteiger partial charge on any atom is 0.210 e. The van der Waals surface area contributed by atoms with E-state index >= 15 is 0 Å². The van der Waals surface area contributed by atoms with Crippen LogP contribution in [0.15, 0.2) is 4.99 Å². The van der Waals surface area contributed by atoms with Gasteiger partial charge in [0.15, 0.2) is 5.96 Å². The monoisotopic (exact) mass is 392 g/mol. The zero-order chi connectivity index (χ0) is 13.3. The number of aliphatic imine (C=N–C) groups is 1.